The van der Waals surface area contributed by atoms with Crippen LogP contribution >= 0.6 is 0 Å². The zero-order chi connectivity index (χ0) is 18.8. The number of imidazole rings is 1. The summed E-state index contributed by atoms with van der Waals surface area (Å²) < 4.78 is 0. The summed E-state index contributed by atoms with van der Waals surface area (Å²) in [7, 11) is 0. The number of nitrogens with one attached hydrogen (secondary N) is 2. The van der Waals surface area contributed by atoms with Crippen LogP contribution in [0.25, 0.3) is 11.0 Å². The van der Waals surface area contributed by atoms with Crippen molar-refractivity contribution in [1.29, 1.82) is 0 Å². The number of benzene rings is 2. The zero-order valence-corrected chi connectivity index (χ0v) is 14.8. The normalized spacial score (nSPS) is 12.3. The lowest BCUT2D eigenvalue weighted by Crippen LogP contribution is -2.33. The number of aromatic nitrogens is 2. The van der Waals surface area contributed by atoms with Crippen LogP contribution in [-0.4, -0.2) is 20.8 Å². The lowest BCUT2D eigenvalue weighted by atomic mass is 10.0. The number of fused-ring (bicyclic) bond motifs is 1. The fourth-order valence-electron chi connectivity index (χ4n) is 2.97. The van der Waals surface area contributed by atoms with Crippen LogP contribution in [-0.2, 0) is 0 Å². The van der Waals surface area contributed by atoms with Crippen molar-refractivity contribution in [2.45, 2.75) is 26.8 Å². The van der Waals surface area contributed by atoms with Crippen molar-refractivity contribution in [3.8, 4) is 0 Å². The van der Waals surface area contributed by atoms with Gasteiger partial charge in [0, 0.05) is 5.56 Å². The summed E-state index contributed by atoms with van der Waals surface area (Å²) in [4.78, 5) is 31.4. The first-order chi connectivity index (χ1) is 12.4. The fourth-order valence-corrected chi connectivity index (χ4v) is 2.97. The number of amides is 1. The first-order valence-corrected chi connectivity index (χ1v) is 8.38. The molecule has 0 spiro atoms. The van der Waals surface area contributed by atoms with E-state index in [4.69, 9.17) is 0 Å². The van der Waals surface area contributed by atoms with Gasteiger partial charge in [-0.3, -0.25) is 14.9 Å². The summed E-state index contributed by atoms with van der Waals surface area (Å²) in [5.41, 5.74) is 2.02. The molecule has 0 aliphatic heterocycles. The molecule has 0 aliphatic carbocycles. The molecule has 1 aromatic heterocycles. The van der Waals surface area contributed by atoms with Crippen LogP contribution in [0.3, 0.4) is 0 Å². The minimum absolute atomic E-state index is 0.0448. The van der Waals surface area contributed by atoms with E-state index >= 15 is 0 Å². The molecule has 0 saturated heterocycles. The predicted octanol–water partition coefficient (Wildman–Crippen LogP) is 3.91. The number of para-hydroxylation sites is 3. The summed E-state index contributed by atoms with van der Waals surface area (Å²) >= 11 is 0. The van der Waals surface area contributed by atoms with E-state index in [2.05, 4.69) is 15.3 Å². The Kier molecular flexibility index (Phi) is 4.71. The van der Waals surface area contributed by atoms with Gasteiger partial charge >= 0.3 is 0 Å². The zero-order valence-electron chi connectivity index (χ0n) is 14.8. The summed E-state index contributed by atoms with van der Waals surface area (Å²) in [6.07, 6.45) is 0. The number of nitro groups is 1. The van der Waals surface area contributed by atoms with Gasteiger partial charge < -0.3 is 10.3 Å². The topological polar surface area (TPSA) is 101 Å². The van der Waals surface area contributed by atoms with Crippen molar-refractivity contribution in [3.63, 3.8) is 0 Å². The smallest absolute Gasteiger partial charge is 0.285 e. The minimum atomic E-state index is -0.518. The summed E-state index contributed by atoms with van der Waals surface area (Å²) in [6, 6.07) is 11.9. The van der Waals surface area contributed by atoms with Crippen LogP contribution in [0.2, 0.25) is 0 Å². The van der Waals surface area contributed by atoms with Gasteiger partial charge in [0.2, 0.25) is 0 Å². The Morgan fingerprint density at radius 1 is 1.19 bits per heavy atom. The molecule has 7 heteroatoms. The highest BCUT2D eigenvalue weighted by Gasteiger charge is 2.27. The first-order valence-electron chi connectivity index (χ1n) is 8.38. The molecule has 0 saturated carbocycles. The third-order valence-electron chi connectivity index (χ3n) is 4.32. The van der Waals surface area contributed by atoms with Crippen molar-refractivity contribution in [1.82, 2.24) is 15.3 Å². The molecular weight excluding hydrogens is 332 g/mol. The number of aryl methyl sites for hydroxylation is 1. The van der Waals surface area contributed by atoms with Gasteiger partial charge in [0.25, 0.3) is 11.6 Å². The van der Waals surface area contributed by atoms with Gasteiger partial charge in [0.15, 0.2) is 0 Å². The van der Waals surface area contributed by atoms with Crippen molar-refractivity contribution in [3.05, 3.63) is 69.5 Å². The molecule has 0 unspecified atom stereocenters. The number of hydrogen-bond donors (Lipinski definition) is 2. The highest BCUT2D eigenvalue weighted by atomic mass is 16.6. The molecule has 1 heterocycles. The minimum Gasteiger partial charge on any atom is -0.342 e. The molecule has 1 atom stereocenters. The number of carbonyl (C=O) groups excluding carboxylic acids is 1. The molecule has 2 N–H and O–H groups in total. The Morgan fingerprint density at radius 3 is 2.58 bits per heavy atom. The standard InChI is InChI=1S/C19H20N4O3/c1-11(2)16(18-20-14-9-4-5-10-15(14)21-18)22-19(24)13-8-6-7-12(3)17(13)23(25)26/h4-11,16H,1-3H3,(H,20,21)(H,22,24)/t16-/m0/s1. The fraction of sp³-hybridized carbons (Fsp3) is 0.263. The van der Waals surface area contributed by atoms with Gasteiger partial charge in [-0.1, -0.05) is 38.1 Å². The average molecular weight is 352 g/mol. The molecule has 2 aromatic carbocycles. The van der Waals surface area contributed by atoms with Gasteiger partial charge in [-0.2, -0.15) is 0 Å². The number of H-pyrrole nitrogens is 1. The third-order valence-corrected chi connectivity index (χ3v) is 4.32. The van der Waals surface area contributed by atoms with Crippen LogP contribution in [0.5, 0.6) is 0 Å². The third kappa shape index (κ3) is 3.28. The van der Waals surface area contributed by atoms with Crippen molar-refractivity contribution in [2.75, 3.05) is 0 Å². The van der Waals surface area contributed by atoms with E-state index in [1.165, 1.54) is 6.07 Å². The van der Waals surface area contributed by atoms with E-state index in [0.29, 0.717) is 11.4 Å². The number of aromatic amines is 1. The van der Waals surface area contributed by atoms with E-state index in [-0.39, 0.29) is 17.2 Å². The van der Waals surface area contributed by atoms with Gasteiger partial charge in [0.1, 0.15) is 11.4 Å². The Bertz CT molecular complexity index is 945. The van der Waals surface area contributed by atoms with E-state index in [9.17, 15) is 14.9 Å². The van der Waals surface area contributed by atoms with Crippen LogP contribution < -0.4 is 5.32 Å². The molecule has 7 nitrogen and oxygen atoms in total. The number of rotatable bonds is 5. The van der Waals surface area contributed by atoms with Gasteiger partial charge in [-0.25, -0.2) is 4.98 Å². The molecule has 134 valence electrons. The largest absolute Gasteiger partial charge is 0.342 e. The second kappa shape index (κ2) is 6.95. The van der Waals surface area contributed by atoms with E-state index < -0.39 is 16.9 Å². The molecule has 3 aromatic rings. The van der Waals surface area contributed by atoms with Gasteiger partial charge in [-0.15, -0.1) is 0 Å². The second-order valence-electron chi connectivity index (χ2n) is 6.56. The maximum absolute atomic E-state index is 12.8. The maximum atomic E-state index is 12.8. The Labute approximate surface area is 150 Å². The molecular formula is C19H20N4O3. The maximum Gasteiger partial charge on any atom is 0.285 e. The summed E-state index contributed by atoms with van der Waals surface area (Å²) in [6.45, 7) is 5.54. The molecule has 1 amide bonds. The number of nitro benzene ring substituents is 1. The molecule has 0 radical (unpaired) electrons. The van der Waals surface area contributed by atoms with Crippen LogP contribution in [0.1, 0.15) is 41.6 Å². The lowest BCUT2D eigenvalue weighted by molar-refractivity contribution is -0.385. The molecule has 0 fully saturated rings. The summed E-state index contributed by atoms with van der Waals surface area (Å²) in [5, 5.41) is 14.3. The molecule has 3 rings (SSSR count). The molecule has 0 bridgehead atoms. The number of carbonyl (C=O) groups is 1. The number of hydrogen-bond acceptors (Lipinski definition) is 4. The second-order valence-corrected chi connectivity index (χ2v) is 6.56. The monoisotopic (exact) mass is 352 g/mol. The van der Waals surface area contributed by atoms with Crippen molar-refractivity contribution >= 4 is 22.6 Å². The van der Waals surface area contributed by atoms with E-state index in [0.717, 1.165) is 11.0 Å². The Hall–Kier alpha value is -3.22. The number of nitrogens with zero attached hydrogens (tertiary/aromatic N) is 2. The summed E-state index contributed by atoms with van der Waals surface area (Å²) in [5.74, 6) is 0.188. The predicted molar refractivity (Wildman–Crippen MR) is 99.0 cm³/mol. The lowest BCUT2D eigenvalue weighted by Gasteiger charge is -2.20. The SMILES string of the molecule is Cc1cccc(C(=O)N[C@H](c2nc3ccccc3[nH]2)C(C)C)c1[N+](=O)[O-]. The molecule has 26 heavy (non-hydrogen) atoms. The van der Waals surface area contributed by atoms with Crippen LogP contribution in [0.4, 0.5) is 5.69 Å². The van der Waals surface area contributed by atoms with E-state index in [1.807, 2.05) is 38.1 Å². The Morgan fingerprint density at radius 2 is 1.92 bits per heavy atom. The first kappa shape index (κ1) is 17.6. The highest BCUT2D eigenvalue weighted by molar-refractivity contribution is 5.98. The van der Waals surface area contributed by atoms with Crippen molar-refractivity contribution in [2.24, 2.45) is 5.92 Å². The average Bonchev–Trinajstić information content (AvgIpc) is 3.02. The van der Waals surface area contributed by atoms with Crippen LogP contribution in [0.15, 0.2) is 42.5 Å². The molecule has 0 aliphatic rings. The van der Waals surface area contributed by atoms with E-state index in [1.54, 1.807) is 19.1 Å². The van der Waals surface area contributed by atoms with Crippen LogP contribution in [0, 0.1) is 23.0 Å². The quantitative estimate of drug-likeness (QED) is 0.537. The van der Waals surface area contributed by atoms with Crippen molar-refractivity contribution < 1.29 is 9.72 Å². The van der Waals surface area contributed by atoms with Gasteiger partial charge in [-0.05, 0) is 31.0 Å². The highest BCUT2D eigenvalue weighted by Crippen LogP contribution is 2.26. The Balaban J connectivity index is 1.95. The van der Waals surface area contributed by atoms with Gasteiger partial charge in [0.05, 0.1) is 22.0 Å².